The van der Waals surface area contributed by atoms with E-state index in [1.54, 1.807) is 0 Å². The summed E-state index contributed by atoms with van der Waals surface area (Å²) in [5.74, 6) is -0.975. The minimum atomic E-state index is -1.76. The molecule has 2 saturated heterocycles. The van der Waals surface area contributed by atoms with Crippen LogP contribution in [0.25, 0.3) is 0 Å². The number of rotatable bonds is 33. The third-order valence-electron chi connectivity index (χ3n) is 10.6. The van der Waals surface area contributed by atoms with Gasteiger partial charge in [0.15, 0.2) is 18.7 Å². The minimum absolute atomic E-state index is 0.157. The van der Waals surface area contributed by atoms with E-state index in [2.05, 4.69) is 55.5 Å². The lowest BCUT2D eigenvalue weighted by molar-refractivity contribution is -0.332. The second-order valence-corrected chi connectivity index (χ2v) is 15.9. The van der Waals surface area contributed by atoms with E-state index >= 15 is 0 Å². The van der Waals surface area contributed by atoms with Crippen molar-refractivity contribution in [2.75, 3.05) is 26.4 Å². The van der Waals surface area contributed by atoms with Gasteiger partial charge in [0, 0.05) is 12.8 Å². The molecule has 2 fully saturated rings. The van der Waals surface area contributed by atoms with E-state index < -0.39 is 92.7 Å². The summed E-state index contributed by atoms with van der Waals surface area (Å²) in [6.07, 6.45) is 18.7. The van der Waals surface area contributed by atoms with E-state index in [1.807, 2.05) is 6.92 Å². The number of aliphatic hydroxyl groups excluding tert-OH is 7. The predicted octanol–water partition coefficient (Wildman–Crippen LogP) is 4.76. The van der Waals surface area contributed by atoms with Crippen molar-refractivity contribution in [3.8, 4) is 0 Å². The molecule has 0 saturated carbocycles. The van der Waals surface area contributed by atoms with Gasteiger partial charge in [-0.05, 0) is 51.4 Å². The molecule has 2 aliphatic heterocycles. The quantitative estimate of drug-likeness (QED) is 0.0268. The fourth-order valence-corrected chi connectivity index (χ4v) is 6.77. The average Bonchev–Trinajstić information content (AvgIpc) is 3.25. The first-order valence-corrected chi connectivity index (χ1v) is 22.7. The van der Waals surface area contributed by atoms with Crippen molar-refractivity contribution in [3.05, 3.63) is 48.6 Å². The van der Waals surface area contributed by atoms with E-state index in [0.717, 1.165) is 64.2 Å². The van der Waals surface area contributed by atoms with Crippen LogP contribution in [0.1, 0.15) is 136 Å². The fourth-order valence-electron chi connectivity index (χ4n) is 6.77. The molecule has 2 aliphatic rings. The highest BCUT2D eigenvalue weighted by Crippen LogP contribution is 2.26. The van der Waals surface area contributed by atoms with Crippen LogP contribution in [0.3, 0.4) is 0 Å². The first kappa shape index (κ1) is 54.6. The SMILES string of the molecule is CC/C=C\C/C=C\C/C=C\C/C=C\CCCCCCCCCCCCC(=O)OC(COC(=O)CCCC)COC1OC(COC2OC(CO)C(O)C(O)C2O)C(O)C(O)C1O. The maximum Gasteiger partial charge on any atom is 0.306 e. The van der Waals surface area contributed by atoms with Gasteiger partial charge in [0.2, 0.25) is 0 Å². The molecule has 0 amide bonds. The van der Waals surface area contributed by atoms with Crippen LogP contribution in [0.4, 0.5) is 0 Å². The van der Waals surface area contributed by atoms with E-state index in [0.29, 0.717) is 12.8 Å². The summed E-state index contributed by atoms with van der Waals surface area (Å²) in [5.41, 5.74) is 0. The van der Waals surface area contributed by atoms with Crippen molar-refractivity contribution in [2.24, 2.45) is 0 Å². The Kier molecular flexibility index (Phi) is 30.4. The molecule has 11 unspecified atom stereocenters. The van der Waals surface area contributed by atoms with Crippen molar-refractivity contribution in [3.63, 3.8) is 0 Å². The number of esters is 2. The number of ether oxygens (including phenoxy) is 6. The van der Waals surface area contributed by atoms with Crippen molar-refractivity contribution in [2.45, 2.75) is 203 Å². The summed E-state index contributed by atoms with van der Waals surface area (Å²) in [6, 6.07) is 0. The lowest BCUT2D eigenvalue weighted by Gasteiger charge is -2.42. The molecule has 2 heterocycles. The molecule has 0 spiro atoms. The van der Waals surface area contributed by atoms with Crippen molar-refractivity contribution in [1.82, 2.24) is 0 Å². The number of carbonyl (C=O) groups excluding carboxylic acids is 2. The molecule has 61 heavy (non-hydrogen) atoms. The molecule has 352 valence electrons. The number of allylic oxidation sites excluding steroid dienone is 8. The van der Waals surface area contributed by atoms with Crippen LogP contribution in [0.2, 0.25) is 0 Å². The van der Waals surface area contributed by atoms with Crippen LogP contribution in [0, 0.1) is 0 Å². The topological polar surface area (TPSA) is 231 Å². The average molecular weight is 871 g/mol. The van der Waals surface area contributed by atoms with Crippen LogP contribution < -0.4 is 0 Å². The summed E-state index contributed by atoms with van der Waals surface area (Å²) in [4.78, 5) is 25.1. The molecule has 0 bridgehead atoms. The van der Waals surface area contributed by atoms with Crippen molar-refractivity contribution < 1.29 is 73.8 Å². The first-order valence-electron chi connectivity index (χ1n) is 22.7. The standard InChI is InChI=1S/C46H78O15/c1-3-5-7-8-9-10-11-12-13-14-15-16-17-18-19-20-21-22-23-24-25-26-27-29-38(49)59-34(31-56-37(48)28-6-4-2)32-57-45-44(55)42(53)40(51)36(61-45)33-58-46-43(54)41(52)39(50)35(30-47)60-46/h5,7,9-10,12-13,15-16,34-36,39-47,50-55H,3-4,6,8,11,14,17-33H2,1-2H3/b7-5-,10-9-,13-12-,16-15-. The first-order chi connectivity index (χ1) is 29.5. The van der Waals surface area contributed by atoms with E-state index in [-0.39, 0.29) is 26.1 Å². The Morgan fingerprint density at radius 3 is 1.61 bits per heavy atom. The highest BCUT2D eigenvalue weighted by molar-refractivity contribution is 5.70. The van der Waals surface area contributed by atoms with E-state index in [4.69, 9.17) is 28.4 Å². The van der Waals surface area contributed by atoms with Crippen LogP contribution in [0.5, 0.6) is 0 Å². The summed E-state index contributed by atoms with van der Waals surface area (Å²) < 4.78 is 33.1. The molecule has 7 N–H and O–H groups in total. The zero-order valence-electron chi connectivity index (χ0n) is 36.6. The van der Waals surface area contributed by atoms with Crippen LogP contribution in [0.15, 0.2) is 48.6 Å². The summed E-state index contributed by atoms with van der Waals surface area (Å²) >= 11 is 0. The number of hydrogen-bond acceptors (Lipinski definition) is 15. The van der Waals surface area contributed by atoms with Crippen molar-refractivity contribution in [1.29, 1.82) is 0 Å². The monoisotopic (exact) mass is 871 g/mol. The van der Waals surface area contributed by atoms with Crippen LogP contribution in [-0.2, 0) is 38.0 Å². The Morgan fingerprint density at radius 2 is 1.03 bits per heavy atom. The van der Waals surface area contributed by atoms with E-state index in [9.17, 15) is 45.3 Å². The van der Waals surface area contributed by atoms with E-state index in [1.165, 1.54) is 32.1 Å². The zero-order valence-corrected chi connectivity index (χ0v) is 36.6. The van der Waals surface area contributed by atoms with Gasteiger partial charge in [0.05, 0.1) is 19.8 Å². The summed E-state index contributed by atoms with van der Waals surface area (Å²) in [6.45, 7) is 2.17. The van der Waals surface area contributed by atoms with Crippen LogP contribution >= 0.6 is 0 Å². The Morgan fingerprint density at radius 1 is 0.541 bits per heavy atom. The Labute approximate surface area is 363 Å². The highest BCUT2D eigenvalue weighted by atomic mass is 16.7. The molecule has 0 aliphatic carbocycles. The van der Waals surface area contributed by atoms with Gasteiger partial charge in [0.25, 0.3) is 0 Å². The lowest BCUT2D eigenvalue weighted by Crippen LogP contribution is -2.61. The molecule has 15 nitrogen and oxygen atoms in total. The molecule has 2 rings (SSSR count). The Balaban J connectivity index is 1.67. The molecule has 15 heteroatoms. The van der Waals surface area contributed by atoms with Gasteiger partial charge in [0.1, 0.15) is 55.4 Å². The molecular weight excluding hydrogens is 792 g/mol. The third kappa shape index (κ3) is 23.1. The zero-order chi connectivity index (χ0) is 44.7. The minimum Gasteiger partial charge on any atom is -0.462 e. The maximum absolute atomic E-state index is 12.8. The highest BCUT2D eigenvalue weighted by Gasteiger charge is 2.47. The summed E-state index contributed by atoms with van der Waals surface area (Å²) in [5, 5.41) is 71.5. The summed E-state index contributed by atoms with van der Waals surface area (Å²) in [7, 11) is 0. The van der Waals surface area contributed by atoms with Gasteiger partial charge in [-0.3, -0.25) is 9.59 Å². The number of carbonyl (C=O) groups is 2. The Hall–Kier alpha value is -2.54. The molecule has 0 aromatic carbocycles. The molecule has 0 aromatic heterocycles. The van der Waals surface area contributed by atoms with Gasteiger partial charge < -0.3 is 64.2 Å². The van der Waals surface area contributed by atoms with Gasteiger partial charge in [-0.1, -0.05) is 120 Å². The van der Waals surface area contributed by atoms with Crippen LogP contribution in [-0.4, -0.2) is 142 Å². The van der Waals surface area contributed by atoms with Crippen molar-refractivity contribution >= 4 is 11.9 Å². The second kappa shape index (κ2) is 33.9. The van der Waals surface area contributed by atoms with Gasteiger partial charge in [-0.25, -0.2) is 0 Å². The second-order valence-electron chi connectivity index (χ2n) is 15.9. The number of aliphatic hydroxyl groups is 7. The molecular formula is C46H78O15. The van der Waals surface area contributed by atoms with Gasteiger partial charge >= 0.3 is 11.9 Å². The Bertz CT molecular complexity index is 1260. The smallest absolute Gasteiger partial charge is 0.306 e. The van der Waals surface area contributed by atoms with Gasteiger partial charge in [-0.2, -0.15) is 0 Å². The number of unbranched alkanes of at least 4 members (excludes halogenated alkanes) is 11. The predicted molar refractivity (Wildman–Crippen MR) is 229 cm³/mol. The lowest BCUT2D eigenvalue weighted by atomic mass is 9.98. The number of hydrogen-bond donors (Lipinski definition) is 7. The maximum atomic E-state index is 12.8. The molecule has 0 radical (unpaired) electrons. The molecule has 11 atom stereocenters. The largest absolute Gasteiger partial charge is 0.462 e. The van der Waals surface area contributed by atoms with Gasteiger partial charge in [-0.15, -0.1) is 0 Å². The molecule has 0 aromatic rings. The normalized spacial score (nSPS) is 27.8. The fraction of sp³-hybridized carbons (Fsp3) is 0.783. The third-order valence-corrected chi connectivity index (χ3v) is 10.6.